The molecular weight excluding hydrogens is 172 g/mol. The lowest BCUT2D eigenvalue weighted by molar-refractivity contribution is 0.0155. The molecular formula is C13H26O. The van der Waals surface area contributed by atoms with Crippen molar-refractivity contribution in [2.24, 2.45) is 17.3 Å². The summed E-state index contributed by atoms with van der Waals surface area (Å²) in [7, 11) is 0. The maximum atomic E-state index is 9.73. The third-order valence-electron chi connectivity index (χ3n) is 3.74. The molecule has 1 heteroatoms. The molecule has 0 spiro atoms. The van der Waals surface area contributed by atoms with Crippen molar-refractivity contribution in [1.82, 2.24) is 0 Å². The smallest absolute Gasteiger partial charge is 0.0543 e. The second kappa shape index (κ2) is 4.65. The van der Waals surface area contributed by atoms with E-state index >= 15 is 0 Å². The number of rotatable bonds is 2. The van der Waals surface area contributed by atoms with Gasteiger partial charge in [0.15, 0.2) is 0 Å². The minimum Gasteiger partial charge on any atom is -0.393 e. The fraction of sp³-hybridized carbons (Fsp3) is 1.00. The molecule has 0 amide bonds. The molecule has 0 aliphatic heterocycles. The number of aliphatic hydroxyl groups excluding tert-OH is 1. The van der Waals surface area contributed by atoms with E-state index < -0.39 is 0 Å². The Kier molecular flexibility index (Phi) is 4.00. The maximum absolute atomic E-state index is 9.73. The normalized spacial score (nSPS) is 34.5. The second-order valence-corrected chi connectivity index (χ2v) is 5.99. The van der Waals surface area contributed by atoms with Crippen LogP contribution in [-0.4, -0.2) is 11.2 Å². The average molecular weight is 198 g/mol. The van der Waals surface area contributed by atoms with E-state index in [0.29, 0.717) is 11.3 Å². The summed E-state index contributed by atoms with van der Waals surface area (Å²) < 4.78 is 0. The molecule has 14 heavy (non-hydrogen) atoms. The van der Waals surface area contributed by atoms with Gasteiger partial charge in [0.1, 0.15) is 0 Å². The minimum absolute atomic E-state index is 0.0349. The van der Waals surface area contributed by atoms with Crippen molar-refractivity contribution < 1.29 is 5.11 Å². The first kappa shape index (κ1) is 12.0. The molecule has 3 unspecified atom stereocenters. The van der Waals surface area contributed by atoms with Gasteiger partial charge in [-0.05, 0) is 36.5 Å². The Morgan fingerprint density at radius 3 is 2.36 bits per heavy atom. The molecule has 1 rings (SSSR count). The van der Waals surface area contributed by atoms with Crippen LogP contribution in [0.5, 0.6) is 0 Å². The molecule has 1 fully saturated rings. The lowest BCUT2D eigenvalue weighted by Crippen LogP contribution is -2.36. The third kappa shape index (κ3) is 2.98. The van der Waals surface area contributed by atoms with Crippen molar-refractivity contribution in [1.29, 1.82) is 0 Å². The number of aliphatic hydroxyl groups is 1. The monoisotopic (exact) mass is 198 g/mol. The standard InChI is InChI=1S/C13H26O/c1-5-6-10-7-8-11(14)9-12(10)13(2,3)4/h10-12,14H,5-9H2,1-4H3. The molecule has 1 nitrogen and oxygen atoms in total. The number of hydrogen-bond acceptors (Lipinski definition) is 1. The van der Waals surface area contributed by atoms with Crippen LogP contribution in [0.4, 0.5) is 0 Å². The summed E-state index contributed by atoms with van der Waals surface area (Å²) in [5, 5.41) is 9.73. The van der Waals surface area contributed by atoms with Gasteiger partial charge in [0, 0.05) is 0 Å². The summed E-state index contributed by atoms with van der Waals surface area (Å²) >= 11 is 0. The Morgan fingerprint density at radius 2 is 1.86 bits per heavy atom. The van der Waals surface area contributed by atoms with Gasteiger partial charge in [0.2, 0.25) is 0 Å². The van der Waals surface area contributed by atoms with Crippen molar-refractivity contribution in [3.63, 3.8) is 0 Å². The van der Waals surface area contributed by atoms with Crippen molar-refractivity contribution in [3.05, 3.63) is 0 Å². The molecule has 1 aliphatic rings. The average Bonchev–Trinajstić information content (AvgIpc) is 2.07. The van der Waals surface area contributed by atoms with E-state index in [1.165, 1.54) is 19.3 Å². The largest absolute Gasteiger partial charge is 0.393 e. The summed E-state index contributed by atoms with van der Waals surface area (Å²) in [6.07, 6.45) is 5.87. The molecule has 3 atom stereocenters. The Morgan fingerprint density at radius 1 is 1.21 bits per heavy atom. The Balaban J connectivity index is 2.64. The van der Waals surface area contributed by atoms with Gasteiger partial charge in [-0.3, -0.25) is 0 Å². The maximum Gasteiger partial charge on any atom is 0.0543 e. The highest BCUT2D eigenvalue weighted by molar-refractivity contribution is 4.86. The van der Waals surface area contributed by atoms with Crippen LogP contribution in [0, 0.1) is 17.3 Å². The minimum atomic E-state index is -0.0349. The lowest BCUT2D eigenvalue weighted by atomic mass is 9.64. The molecule has 1 saturated carbocycles. The third-order valence-corrected chi connectivity index (χ3v) is 3.74. The Hall–Kier alpha value is -0.0400. The van der Waals surface area contributed by atoms with Crippen LogP contribution in [0.15, 0.2) is 0 Å². The van der Waals surface area contributed by atoms with Gasteiger partial charge >= 0.3 is 0 Å². The second-order valence-electron chi connectivity index (χ2n) is 5.99. The SMILES string of the molecule is CCCC1CCC(O)CC1C(C)(C)C. The van der Waals surface area contributed by atoms with E-state index in [1.807, 2.05) is 0 Å². The van der Waals surface area contributed by atoms with Crippen LogP contribution < -0.4 is 0 Å². The van der Waals surface area contributed by atoms with E-state index in [2.05, 4.69) is 27.7 Å². The van der Waals surface area contributed by atoms with E-state index in [4.69, 9.17) is 0 Å². The van der Waals surface area contributed by atoms with Gasteiger partial charge in [-0.1, -0.05) is 40.5 Å². The first-order valence-corrected chi connectivity index (χ1v) is 6.13. The topological polar surface area (TPSA) is 20.2 Å². The highest BCUT2D eigenvalue weighted by Crippen LogP contribution is 2.43. The zero-order valence-electron chi connectivity index (χ0n) is 10.2. The van der Waals surface area contributed by atoms with Gasteiger partial charge in [-0.2, -0.15) is 0 Å². The van der Waals surface area contributed by atoms with Crippen LogP contribution in [-0.2, 0) is 0 Å². The Labute approximate surface area is 88.9 Å². The van der Waals surface area contributed by atoms with Crippen molar-refractivity contribution in [2.75, 3.05) is 0 Å². The highest BCUT2D eigenvalue weighted by Gasteiger charge is 2.36. The molecule has 0 radical (unpaired) electrons. The van der Waals surface area contributed by atoms with Crippen LogP contribution in [0.1, 0.15) is 59.8 Å². The summed E-state index contributed by atoms with van der Waals surface area (Å²) in [5.41, 5.74) is 0.362. The zero-order valence-corrected chi connectivity index (χ0v) is 10.2. The van der Waals surface area contributed by atoms with Gasteiger partial charge in [-0.25, -0.2) is 0 Å². The van der Waals surface area contributed by atoms with Crippen LogP contribution in [0.2, 0.25) is 0 Å². The highest BCUT2D eigenvalue weighted by atomic mass is 16.3. The van der Waals surface area contributed by atoms with E-state index in [1.54, 1.807) is 0 Å². The quantitative estimate of drug-likeness (QED) is 0.718. The summed E-state index contributed by atoms with van der Waals surface area (Å²) in [5.74, 6) is 1.56. The van der Waals surface area contributed by atoms with E-state index in [9.17, 15) is 5.11 Å². The van der Waals surface area contributed by atoms with Crippen molar-refractivity contribution in [2.45, 2.75) is 65.9 Å². The van der Waals surface area contributed by atoms with Gasteiger partial charge in [0.05, 0.1) is 6.10 Å². The molecule has 84 valence electrons. The Bertz CT molecular complexity index is 169. The predicted octanol–water partition coefficient (Wildman–Crippen LogP) is 3.61. The van der Waals surface area contributed by atoms with Crippen molar-refractivity contribution >= 4 is 0 Å². The van der Waals surface area contributed by atoms with Crippen LogP contribution in [0.25, 0.3) is 0 Å². The molecule has 0 aromatic rings. The molecule has 1 aliphatic carbocycles. The van der Waals surface area contributed by atoms with E-state index in [-0.39, 0.29) is 6.10 Å². The fourth-order valence-corrected chi connectivity index (χ4v) is 2.99. The molecule has 0 aromatic carbocycles. The first-order valence-electron chi connectivity index (χ1n) is 6.13. The summed E-state index contributed by atoms with van der Waals surface area (Å²) in [6.45, 7) is 9.22. The fourth-order valence-electron chi connectivity index (χ4n) is 2.99. The first-order chi connectivity index (χ1) is 6.45. The van der Waals surface area contributed by atoms with Crippen LogP contribution >= 0.6 is 0 Å². The number of hydrogen-bond donors (Lipinski definition) is 1. The molecule has 0 aromatic heterocycles. The van der Waals surface area contributed by atoms with Gasteiger partial charge < -0.3 is 5.11 Å². The van der Waals surface area contributed by atoms with Gasteiger partial charge in [-0.15, -0.1) is 0 Å². The molecule has 0 bridgehead atoms. The van der Waals surface area contributed by atoms with Gasteiger partial charge in [0.25, 0.3) is 0 Å². The molecule has 0 heterocycles. The van der Waals surface area contributed by atoms with Crippen LogP contribution in [0.3, 0.4) is 0 Å². The predicted molar refractivity (Wildman–Crippen MR) is 61.2 cm³/mol. The van der Waals surface area contributed by atoms with Crippen molar-refractivity contribution in [3.8, 4) is 0 Å². The van der Waals surface area contributed by atoms with E-state index in [0.717, 1.165) is 18.8 Å². The molecule has 1 N–H and O–H groups in total. The lowest BCUT2D eigenvalue weighted by Gasteiger charge is -2.42. The zero-order chi connectivity index (χ0) is 10.8. The molecule has 0 saturated heterocycles. The summed E-state index contributed by atoms with van der Waals surface area (Å²) in [6, 6.07) is 0. The summed E-state index contributed by atoms with van der Waals surface area (Å²) in [4.78, 5) is 0.